The third-order valence-electron chi connectivity index (χ3n) is 5.01. The Morgan fingerprint density at radius 1 is 1.15 bits per heavy atom. The summed E-state index contributed by atoms with van der Waals surface area (Å²) in [6.45, 7) is 8.52. The number of para-hydroxylation sites is 1. The summed E-state index contributed by atoms with van der Waals surface area (Å²) in [6.07, 6.45) is 1.29. The van der Waals surface area contributed by atoms with Gasteiger partial charge in [-0.3, -0.25) is 9.80 Å². The van der Waals surface area contributed by atoms with Gasteiger partial charge in [0, 0.05) is 57.2 Å². The molecule has 1 unspecified atom stereocenters. The standard InChI is InChI=1S/C19H26N4OS.ClH/c1-2-4-18(5-3-1)24-14-19-21-16(15-25-19)12-22-9-6-17(13-22)23-10-7-20-8-11-23;/h1-5,15,17,20H,6-14H2;1H. The monoisotopic (exact) mass is 394 g/mol. The highest BCUT2D eigenvalue weighted by Crippen LogP contribution is 2.20. The van der Waals surface area contributed by atoms with E-state index in [0.29, 0.717) is 6.61 Å². The molecule has 0 spiro atoms. The normalized spacial score (nSPS) is 21.5. The number of halogens is 1. The fourth-order valence-corrected chi connectivity index (χ4v) is 4.38. The van der Waals surface area contributed by atoms with Gasteiger partial charge in [0.1, 0.15) is 17.4 Å². The molecular formula is C19H27ClN4OS. The van der Waals surface area contributed by atoms with Crippen LogP contribution < -0.4 is 10.1 Å². The quantitative estimate of drug-likeness (QED) is 0.815. The Kier molecular flexibility index (Phi) is 7.28. The molecule has 1 atom stereocenters. The average molecular weight is 395 g/mol. The summed E-state index contributed by atoms with van der Waals surface area (Å²) in [5.41, 5.74) is 1.18. The van der Waals surface area contributed by atoms with Crippen LogP contribution in [0.3, 0.4) is 0 Å². The van der Waals surface area contributed by atoms with Gasteiger partial charge in [0.2, 0.25) is 0 Å². The number of hydrogen-bond acceptors (Lipinski definition) is 6. The first-order valence-corrected chi connectivity index (χ1v) is 10.0. The molecular weight excluding hydrogens is 368 g/mol. The number of benzene rings is 1. The number of nitrogens with one attached hydrogen (secondary N) is 1. The Balaban J connectivity index is 0.00000196. The van der Waals surface area contributed by atoms with Crippen molar-refractivity contribution in [2.75, 3.05) is 39.3 Å². The van der Waals surface area contributed by atoms with Crippen molar-refractivity contribution in [3.63, 3.8) is 0 Å². The van der Waals surface area contributed by atoms with E-state index in [2.05, 4.69) is 20.5 Å². The number of likely N-dealkylation sites (tertiary alicyclic amines) is 1. The molecule has 0 saturated carbocycles. The molecule has 0 aliphatic carbocycles. The largest absolute Gasteiger partial charge is 0.486 e. The first-order chi connectivity index (χ1) is 12.4. The van der Waals surface area contributed by atoms with E-state index in [-0.39, 0.29) is 12.4 Å². The molecule has 1 aromatic carbocycles. The summed E-state index contributed by atoms with van der Waals surface area (Å²) in [7, 11) is 0. The van der Waals surface area contributed by atoms with Crippen molar-refractivity contribution in [3.05, 3.63) is 46.4 Å². The molecule has 0 radical (unpaired) electrons. The number of rotatable bonds is 6. The van der Waals surface area contributed by atoms with Crippen LogP contribution in [0.15, 0.2) is 35.7 Å². The Morgan fingerprint density at radius 3 is 2.77 bits per heavy atom. The number of nitrogens with zero attached hydrogens (tertiary/aromatic N) is 3. The number of ether oxygens (including phenoxy) is 1. The highest BCUT2D eigenvalue weighted by Gasteiger charge is 2.28. The summed E-state index contributed by atoms with van der Waals surface area (Å²) in [5, 5.41) is 6.67. The summed E-state index contributed by atoms with van der Waals surface area (Å²) in [4.78, 5) is 9.95. The minimum Gasteiger partial charge on any atom is -0.486 e. The van der Waals surface area contributed by atoms with E-state index in [0.717, 1.165) is 36.4 Å². The lowest BCUT2D eigenvalue weighted by Gasteiger charge is -2.32. The van der Waals surface area contributed by atoms with Gasteiger partial charge >= 0.3 is 0 Å². The zero-order valence-electron chi connectivity index (χ0n) is 15.0. The third-order valence-corrected chi connectivity index (χ3v) is 5.88. The van der Waals surface area contributed by atoms with Crippen LogP contribution in [-0.2, 0) is 13.2 Å². The Morgan fingerprint density at radius 2 is 1.96 bits per heavy atom. The maximum atomic E-state index is 5.79. The predicted octanol–water partition coefficient (Wildman–Crippen LogP) is 2.62. The van der Waals surface area contributed by atoms with Crippen LogP contribution in [0.4, 0.5) is 0 Å². The van der Waals surface area contributed by atoms with Crippen LogP contribution in [-0.4, -0.2) is 60.1 Å². The smallest absolute Gasteiger partial charge is 0.140 e. The van der Waals surface area contributed by atoms with E-state index in [9.17, 15) is 0 Å². The van der Waals surface area contributed by atoms with Crippen LogP contribution in [0, 0.1) is 0 Å². The summed E-state index contributed by atoms with van der Waals surface area (Å²) in [5.74, 6) is 0.901. The SMILES string of the molecule is Cl.c1ccc(OCc2nc(CN3CCC(N4CCNCC4)C3)cs2)cc1. The lowest BCUT2D eigenvalue weighted by Crippen LogP contribution is -2.49. The van der Waals surface area contributed by atoms with Gasteiger partial charge in [0.25, 0.3) is 0 Å². The minimum atomic E-state index is 0. The van der Waals surface area contributed by atoms with Crippen LogP contribution in [0.1, 0.15) is 17.1 Å². The van der Waals surface area contributed by atoms with Crippen molar-refractivity contribution < 1.29 is 4.74 Å². The second-order valence-electron chi connectivity index (χ2n) is 6.80. The van der Waals surface area contributed by atoms with E-state index >= 15 is 0 Å². The van der Waals surface area contributed by atoms with Crippen molar-refractivity contribution in [1.82, 2.24) is 20.1 Å². The Labute approximate surface area is 165 Å². The molecule has 2 aliphatic rings. The zero-order valence-corrected chi connectivity index (χ0v) is 16.6. The van der Waals surface area contributed by atoms with Crippen LogP contribution >= 0.6 is 23.7 Å². The van der Waals surface area contributed by atoms with E-state index < -0.39 is 0 Å². The number of hydrogen-bond donors (Lipinski definition) is 1. The van der Waals surface area contributed by atoms with Crippen molar-refractivity contribution >= 4 is 23.7 Å². The molecule has 1 N–H and O–H groups in total. The highest BCUT2D eigenvalue weighted by atomic mass is 35.5. The highest BCUT2D eigenvalue weighted by molar-refractivity contribution is 7.09. The van der Waals surface area contributed by atoms with Crippen molar-refractivity contribution in [2.45, 2.75) is 25.6 Å². The van der Waals surface area contributed by atoms with Gasteiger partial charge in [0.15, 0.2) is 0 Å². The molecule has 0 bridgehead atoms. The fraction of sp³-hybridized carbons (Fsp3) is 0.526. The third kappa shape index (κ3) is 5.18. The van der Waals surface area contributed by atoms with Gasteiger partial charge < -0.3 is 10.1 Å². The molecule has 2 fully saturated rings. The van der Waals surface area contributed by atoms with E-state index in [1.807, 2.05) is 30.3 Å². The predicted molar refractivity (Wildman–Crippen MR) is 108 cm³/mol. The molecule has 5 nitrogen and oxygen atoms in total. The van der Waals surface area contributed by atoms with Gasteiger partial charge in [-0.25, -0.2) is 4.98 Å². The van der Waals surface area contributed by atoms with E-state index in [4.69, 9.17) is 9.72 Å². The van der Waals surface area contributed by atoms with Crippen molar-refractivity contribution in [3.8, 4) is 5.75 Å². The molecule has 4 rings (SSSR count). The van der Waals surface area contributed by atoms with E-state index in [1.165, 1.54) is 38.3 Å². The molecule has 3 heterocycles. The van der Waals surface area contributed by atoms with Gasteiger partial charge in [-0.15, -0.1) is 23.7 Å². The maximum absolute atomic E-state index is 5.79. The van der Waals surface area contributed by atoms with Crippen LogP contribution in [0.5, 0.6) is 5.75 Å². The molecule has 2 aromatic rings. The molecule has 2 saturated heterocycles. The summed E-state index contributed by atoms with van der Waals surface area (Å²) < 4.78 is 5.79. The fourth-order valence-electron chi connectivity index (χ4n) is 3.68. The Hall–Kier alpha value is -1.18. The van der Waals surface area contributed by atoms with Crippen molar-refractivity contribution in [2.24, 2.45) is 0 Å². The molecule has 1 aromatic heterocycles. The topological polar surface area (TPSA) is 40.6 Å². The first kappa shape index (κ1) is 19.6. The van der Waals surface area contributed by atoms with Crippen LogP contribution in [0.25, 0.3) is 0 Å². The molecule has 2 aliphatic heterocycles. The molecule has 26 heavy (non-hydrogen) atoms. The molecule has 7 heteroatoms. The van der Waals surface area contributed by atoms with Crippen LogP contribution in [0.2, 0.25) is 0 Å². The van der Waals surface area contributed by atoms with Gasteiger partial charge in [-0.05, 0) is 18.6 Å². The number of piperazine rings is 1. The number of aromatic nitrogens is 1. The lowest BCUT2D eigenvalue weighted by atomic mass is 10.2. The second kappa shape index (κ2) is 9.67. The second-order valence-corrected chi connectivity index (χ2v) is 7.74. The van der Waals surface area contributed by atoms with Gasteiger partial charge in [-0.1, -0.05) is 18.2 Å². The van der Waals surface area contributed by atoms with Gasteiger partial charge in [-0.2, -0.15) is 0 Å². The lowest BCUT2D eigenvalue weighted by molar-refractivity contribution is 0.170. The molecule has 0 amide bonds. The maximum Gasteiger partial charge on any atom is 0.140 e. The number of thiazole rings is 1. The van der Waals surface area contributed by atoms with Gasteiger partial charge in [0.05, 0.1) is 5.69 Å². The molecule has 142 valence electrons. The summed E-state index contributed by atoms with van der Waals surface area (Å²) in [6, 6.07) is 10.7. The van der Waals surface area contributed by atoms with Crippen molar-refractivity contribution in [1.29, 1.82) is 0 Å². The average Bonchev–Trinajstić information content (AvgIpc) is 3.32. The first-order valence-electron chi connectivity index (χ1n) is 9.15. The minimum absolute atomic E-state index is 0. The Bertz CT molecular complexity index is 663. The zero-order chi connectivity index (χ0) is 16.9. The van der Waals surface area contributed by atoms with E-state index in [1.54, 1.807) is 11.3 Å². The summed E-state index contributed by atoms with van der Waals surface area (Å²) >= 11 is 1.70.